The number of imidazole rings is 1. The highest BCUT2D eigenvalue weighted by Crippen LogP contribution is 2.27. The fourth-order valence-corrected chi connectivity index (χ4v) is 3.46. The molecule has 0 bridgehead atoms. The lowest BCUT2D eigenvalue weighted by Crippen LogP contribution is -2.46. The van der Waals surface area contributed by atoms with Crippen LogP contribution in [0.5, 0.6) is 0 Å². The zero-order chi connectivity index (χ0) is 16.9. The van der Waals surface area contributed by atoms with Gasteiger partial charge in [0.25, 0.3) is 0 Å². The molecule has 2 aromatic rings. The quantitative estimate of drug-likeness (QED) is 0.848. The monoisotopic (exact) mass is 326 g/mol. The Balaban J connectivity index is 1.79. The lowest BCUT2D eigenvalue weighted by Gasteiger charge is -2.37. The summed E-state index contributed by atoms with van der Waals surface area (Å²) in [4.78, 5) is 21.6. The van der Waals surface area contributed by atoms with Crippen molar-refractivity contribution in [1.82, 2.24) is 19.4 Å². The Morgan fingerprint density at radius 1 is 1.38 bits per heavy atom. The number of aromatic nitrogens is 2. The van der Waals surface area contributed by atoms with Gasteiger partial charge in [-0.25, -0.2) is 4.98 Å². The van der Waals surface area contributed by atoms with E-state index >= 15 is 0 Å². The Bertz CT molecular complexity index is 641. The molecule has 1 aliphatic heterocycles. The number of likely N-dealkylation sites (N-methyl/N-ethyl adjacent to an activating group) is 1. The molecule has 128 valence electrons. The molecule has 3 rings (SSSR count). The van der Waals surface area contributed by atoms with Gasteiger partial charge in [-0.05, 0) is 32.0 Å². The van der Waals surface area contributed by atoms with E-state index in [1.165, 1.54) is 0 Å². The Morgan fingerprint density at radius 3 is 2.83 bits per heavy atom. The molecule has 0 unspecified atom stereocenters. The molecular weight excluding hydrogens is 300 g/mol. The molecular formula is C19H26N4O. The van der Waals surface area contributed by atoms with Crippen molar-refractivity contribution in [2.24, 2.45) is 0 Å². The van der Waals surface area contributed by atoms with Crippen molar-refractivity contribution in [3.05, 3.63) is 54.6 Å². The van der Waals surface area contributed by atoms with Crippen molar-refractivity contribution in [2.75, 3.05) is 26.7 Å². The molecule has 1 aliphatic rings. The number of amides is 1. The Labute approximate surface area is 143 Å². The van der Waals surface area contributed by atoms with Crippen LogP contribution in [0.1, 0.15) is 37.4 Å². The second-order valence-corrected chi connectivity index (χ2v) is 6.48. The number of carbonyl (C=O) groups is 1. The number of carbonyl (C=O) groups excluding carboxylic acids is 1. The minimum Gasteiger partial charge on any atom is -0.339 e. The molecule has 1 aromatic heterocycles. The van der Waals surface area contributed by atoms with Crippen LogP contribution in [-0.4, -0.2) is 51.9 Å². The summed E-state index contributed by atoms with van der Waals surface area (Å²) in [7, 11) is 2.02. The number of rotatable bonds is 5. The fourth-order valence-electron chi connectivity index (χ4n) is 3.46. The van der Waals surface area contributed by atoms with Gasteiger partial charge in [0, 0.05) is 25.5 Å². The average molecular weight is 326 g/mol. The highest BCUT2D eigenvalue weighted by Gasteiger charge is 2.32. The number of hydrogen-bond donors (Lipinski definition) is 0. The van der Waals surface area contributed by atoms with E-state index in [0.29, 0.717) is 6.04 Å². The normalized spacial score (nSPS) is 19.5. The Hall–Kier alpha value is -2.14. The summed E-state index contributed by atoms with van der Waals surface area (Å²) in [5, 5.41) is 0. The molecule has 2 atom stereocenters. The van der Waals surface area contributed by atoms with Crippen molar-refractivity contribution >= 4 is 5.91 Å². The van der Waals surface area contributed by atoms with Gasteiger partial charge in [-0.15, -0.1) is 0 Å². The van der Waals surface area contributed by atoms with Gasteiger partial charge < -0.3 is 9.47 Å². The van der Waals surface area contributed by atoms with Gasteiger partial charge in [0.05, 0.1) is 12.4 Å². The molecule has 1 amide bonds. The first-order chi connectivity index (χ1) is 11.7. The molecule has 0 radical (unpaired) electrons. The minimum absolute atomic E-state index is 0.204. The largest absolute Gasteiger partial charge is 0.339 e. The highest BCUT2D eigenvalue weighted by molar-refractivity contribution is 5.83. The number of piperidine rings is 1. The van der Waals surface area contributed by atoms with E-state index in [4.69, 9.17) is 0 Å². The maximum Gasteiger partial charge on any atom is 0.244 e. The summed E-state index contributed by atoms with van der Waals surface area (Å²) in [6.45, 7) is 4.53. The summed E-state index contributed by atoms with van der Waals surface area (Å²) in [5.41, 5.74) is 1.07. The number of nitrogens with zero attached hydrogens (tertiary/aromatic N) is 4. The van der Waals surface area contributed by atoms with Crippen molar-refractivity contribution < 1.29 is 4.79 Å². The second kappa shape index (κ2) is 7.62. The molecule has 1 aromatic carbocycles. The van der Waals surface area contributed by atoms with Gasteiger partial charge in [0.1, 0.15) is 6.04 Å². The molecule has 0 saturated carbocycles. The SMILES string of the molecule is CCN(C)[C@@H](C(=O)N1CCC[C@H](n2ccnc2)C1)c1ccccc1. The van der Waals surface area contributed by atoms with Crippen LogP contribution in [0.15, 0.2) is 49.1 Å². The van der Waals surface area contributed by atoms with E-state index in [-0.39, 0.29) is 11.9 Å². The van der Waals surface area contributed by atoms with E-state index < -0.39 is 0 Å². The van der Waals surface area contributed by atoms with Crippen LogP contribution >= 0.6 is 0 Å². The summed E-state index contributed by atoms with van der Waals surface area (Å²) >= 11 is 0. The van der Waals surface area contributed by atoms with Gasteiger partial charge in [-0.2, -0.15) is 0 Å². The van der Waals surface area contributed by atoms with Gasteiger partial charge in [0.2, 0.25) is 5.91 Å². The van der Waals surface area contributed by atoms with Crippen LogP contribution < -0.4 is 0 Å². The highest BCUT2D eigenvalue weighted by atomic mass is 16.2. The molecule has 0 N–H and O–H groups in total. The van der Waals surface area contributed by atoms with Crippen LogP contribution in [0, 0.1) is 0 Å². The topological polar surface area (TPSA) is 41.4 Å². The summed E-state index contributed by atoms with van der Waals surface area (Å²) in [5.74, 6) is 0.204. The van der Waals surface area contributed by atoms with Crippen LogP contribution in [0.25, 0.3) is 0 Å². The number of hydrogen-bond acceptors (Lipinski definition) is 3. The minimum atomic E-state index is -0.210. The van der Waals surface area contributed by atoms with Crippen molar-refractivity contribution in [3.63, 3.8) is 0 Å². The maximum atomic E-state index is 13.3. The Kier molecular flexibility index (Phi) is 5.30. The third kappa shape index (κ3) is 3.51. The van der Waals surface area contributed by atoms with E-state index in [1.54, 1.807) is 6.20 Å². The third-order valence-electron chi connectivity index (χ3n) is 4.94. The molecule has 5 heteroatoms. The Morgan fingerprint density at radius 2 is 2.17 bits per heavy atom. The standard InChI is InChI=1S/C19H26N4O/c1-3-21(2)18(16-8-5-4-6-9-16)19(24)22-12-7-10-17(14-22)23-13-11-20-15-23/h4-6,8-9,11,13,15,17-18H,3,7,10,12,14H2,1-2H3/t17-,18+/m0/s1. The number of benzene rings is 1. The van der Waals surface area contributed by atoms with E-state index in [0.717, 1.165) is 38.0 Å². The molecule has 1 fully saturated rings. The first-order valence-corrected chi connectivity index (χ1v) is 8.72. The molecule has 2 heterocycles. The van der Waals surface area contributed by atoms with Gasteiger partial charge >= 0.3 is 0 Å². The molecule has 1 saturated heterocycles. The van der Waals surface area contributed by atoms with Crippen LogP contribution in [0.4, 0.5) is 0 Å². The zero-order valence-corrected chi connectivity index (χ0v) is 14.5. The van der Waals surface area contributed by atoms with E-state index in [1.807, 2.05) is 54.8 Å². The molecule has 24 heavy (non-hydrogen) atoms. The van der Waals surface area contributed by atoms with Crippen LogP contribution in [0.2, 0.25) is 0 Å². The molecule has 5 nitrogen and oxygen atoms in total. The lowest BCUT2D eigenvalue weighted by atomic mass is 10.0. The first kappa shape index (κ1) is 16.7. The molecule has 0 aliphatic carbocycles. The van der Waals surface area contributed by atoms with E-state index in [2.05, 4.69) is 21.4 Å². The van der Waals surface area contributed by atoms with Crippen molar-refractivity contribution in [3.8, 4) is 0 Å². The predicted octanol–water partition coefficient (Wildman–Crippen LogP) is 2.74. The summed E-state index contributed by atoms with van der Waals surface area (Å²) < 4.78 is 2.13. The lowest BCUT2D eigenvalue weighted by molar-refractivity contribution is -0.138. The molecule has 0 spiro atoms. The summed E-state index contributed by atoms with van der Waals surface area (Å²) in [6.07, 6.45) is 7.78. The predicted molar refractivity (Wildman–Crippen MR) is 94.6 cm³/mol. The fraction of sp³-hybridized carbons (Fsp3) is 0.474. The van der Waals surface area contributed by atoms with Gasteiger partial charge in [-0.3, -0.25) is 9.69 Å². The van der Waals surface area contributed by atoms with Gasteiger partial charge in [-0.1, -0.05) is 37.3 Å². The zero-order valence-electron chi connectivity index (χ0n) is 14.5. The van der Waals surface area contributed by atoms with Crippen LogP contribution in [0.3, 0.4) is 0 Å². The van der Waals surface area contributed by atoms with Crippen molar-refractivity contribution in [2.45, 2.75) is 31.8 Å². The second-order valence-electron chi connectivity index (χ2n) is 6.48. The van der Waals surface area contributed by atoms with E-state index in [9.17, 15) is 4.79 Å². The van der Waals surface area contributed by atoms with Crippen molar-refractivity contribution in [1.29, 1.82) is 0 Å². The maximum absolute atomic E-state index is 13.3. The first-order valence-electron chi connectivity index (χ1n) is 8.72. The smallest absolute Gasteiger partial charge is 0.244 e. The van der Waals surface area contributed by atoms with Crippen LogP contribution in [-0.2, 0) is 4.79 Å². The van der Waals surface area contributed by atoms with Gasteiger partial charge in [0.15, 0.2) is 0 Å². The average Bonchev–Trinajstić information content (AvgIpc) is 3.17. The third-order valence-corrected chi connectivity index (χ3v) is 4.94. The number of likely N-dealkylation sites (tertiary alicyclic amines) is 1. The summed E-state index contributed by atoms with van der Waals surface area (Å²) in [6, 6.07) is 10.2.